The molecule has 2 amide bonds. The van der Waals surface area contributed by atoms with Gasteiger partial charge >= 0.3 is 0 Å². The van der Waals surface area contributed by atoms with E-state index in [1.165, 1.54) is 19.6 Å². The molecule has 1 heterocycles. The minimum atomic E-state index is -1.23. The van der Waals surface area contributed by atoms with Crippen molar-refractivity contribution in [3.63, 3.8) is 0 Å². The lowest BCUT2D eigenvalue weighted by atomic mass is 9.77. The molecule has 44 heavy (non-hydrogen) atoms. The lowest BCUT2D eigenvalue weighted by Gasteiger charge is -2.41. The Labute approximate surface area is 266 Å². The predicted octanol–water partition coefficient (Wildman–Crippen LogP) is 4.29. The lowest BCUT2D eigenvalue weighted by molar-refractivity contribution is -0.139. The van der Waals surface area contributed by atoms with Gasteiger partial charge in [0.1, 0.15) is 18.5 Å². The monoisotopic (exact) mass is 642 g/mol. The standard InChI is InChI=1S/C33H36Cl2N2O7/c1-43-27-11-18(16-39)10-23-29-24(33(42)36-6-7-38)14-26(30(41)32(29)44-31(23)27)37(15-20-4-5-22(34)13-25(20)35)28(40)12-21-9-17-2-3-19(21)8-17/h4-5,10-11,13-14,16-17,19,21,26,29-30,32,38,41H,2-3,6-9,12,15H2,1H3,(H,36,42)/t17?,19?,21?,26-,29+,30+,32+/m1/s1. The fourth-order valence-corrected chi connectivity index (χ4v) is 8.19. The Morgan fingerprint density at radius 1 is 1.18 bits per heavy atom. The van der Waals surface area contributed by atoms with Crippen molar-refractivity contribution >= 4 is 41.3 Å². The van der Waals surface area contributed by atoms with Crippen LogP contribution >= 0.6 is 23.2 Å². The number of nitrogens with zero attached hydrogens (tertiary/aromatic N) is 1. The summed E-state index contributed by atoms with van der Waals surface area (Å²) in [5.74, 6) is 0.730. The Balaban J connectivity index is 1.41. The number of halogens is 2. The molecule has 2 fully saturated rings. The van der Waals surface area contributed by atoms with E-state index >= 15 is 0 Å². The Hall–Kier alpha value is -3.11. The number of aliphatic hydroxyl groups is 2. The van der Waals surface area contributed by atoms with Crippen molar-refractivity contribution in [2.75, 3.05) is 20.3 Å². The van der Waals surface area contributed by atoms with E-state index in [1.807, 2.05) is 0 Å². The summed E-state index contributed by atoms with van der Waals surface area (Å²) in [6, 6.07) is 7.30. The number of fused-ring (bicyclic) bond motifs is 5. The molecule has 4 aliphatic rings. The van der Waals surface area contributed by atoms with Crippen LogP contribution in [0.2, 0.25) is 10.0 Å². The Morgan fingerprint density at radius 2 is 2.00 bits per heavy atom. The van der Waals surface area contributed by atoms with Gasteiger partial charge in [-0.3, -0.25) is 14.4 Å². The van der Waals surface area contributed by atoms with Gasteiger partial charge in [0.25, 0.3) is 0 Å². The van der Waals surface area contributed by atoms with Crippen LogP contribution in [0.4, 0.5) is 0 Å². The van der Waals surface area contributed by atoms with Crippen LogP contribution in [0.15, 0.2) is 42.0 Å². The lowest BCUT2D eigenvalue weighted by Crippen LogP contribution is -2.55. The maximum Gasteiger partial charge on any atom is 0.247 e. The third-order valence-corrected chi connectivity index (χ3v) is 10.4. The van der Waals surface area contributed by atoms with Crippen molar-refractivity contribution in [2.45, 2.75) is 62.8 Å². The number of carbonyl (C=O) groups excluding carboxylic acids is 3. The molecule has 0 aromatic heterocycles. The number of hydrogen-bond donors (Lipinski definition) is 3. The predicted molar refractivity (Wildman–Crippen MR) is 164 cm³/mol. The van der Waals surface area contributed by atoms with Gasteiger partial charge in [0.05, 0.1) is 25.7 Å². The molecule has 9 nitrogen and oxygen atoms in total. The molecule has 2 saturated carbocycles. The van der Waals surface area contributed by atoms with Crippen LogP contribution in [0.3, 0.4) is 0 Å². The molecule has 7 atom stereocenters. The van der Waals surface area contributed by atoms with Gasteiger partial charge in [0.15, 0.2) is 11.5 Å². The van der Waals surface area contributed by atoms with Crippen molar-refractivity contribution in [1.29, 1.82) is 0 Å². The third kappa shape index (κ3) is 5.71. The van der Waals surface area contributed by atoms with Gasteiger partial charge in [-0.25, -0.2) is 0 Å². The van der Waals surface area contributed by atoms with Gasteiger partial charge in [0, 0.05) is 46.3 Å². The SMILES string of the molecule is COc1cc(C=O)cc2c1O[C@@H]1[C@@H](O)[C@H](N(Cc3ccc(Cl)cc3Cl)C(=O)CC3CC4CCC3C4)C=C(C(=O)NCCO)[C@H]21. The molecule has 0 spiro atoms. The number of carbonyl (C=O) groups is 3. The van der Waals surface area contributed by atoms with Crippen molar-refractivity contribution in [2.24, 2.45) is 17.8 Å². The van der Waals surface area contributed by atoms with E-state index in [4.69, 9.17) is 32.7 Å². The molecule has 234 valence electrons. The zero-order valence-corrected chi connectivity index (χ0v) is 25.9. The molecular weight excluding hydrogens is 607 g/mol. The normalized spacial score (nSPS) is 28.0. The van der Waals surface area contributed by atoms with Crippen LogP contribution < -0.4 is 14.8 Å². The van der Waals surface area contributed by atoms with Crippen LogP contribution in [-0.4, -0.2) is 71.7 Å². The summed E-state index contributed by atoms with van der Waals surface area (Å²) in [5, 5.41) is 24.9. The average Bonchev–Trinajstić information content (AvgIpc) is 3.74. The highest BCUT2D eigenvalue weighted by Crippen LogP contribution is 2.52. The number of ether oxygens (including phenoxy) is 2. The smallest absolute Gasteiger partial charge is 0.247 e. The number of methoxy groups -OCH3 is 1. The molecule has 3 aliphatic carbocycles. The fraction of sp³-hybridized carbons (Fsp3) is 0.485. The number of amides is 2. The highest BCUT2D eigenvalue weighted by atomic mass is 35.5. The van der Waals surface area contributed by atoms with E-state index < -0.39 is 30.1 Å². The van der Waals surface area contributed by atoms with Crippen LogP contribution in [-0.2, 0) is 16.1 Å². The summed E-state index contributed by atoms with van der Waals surface area (Å²) in [6.07, 6.45) is 4.97. The molecule has 0 radical (unpaired) electrons. The van der Waals surface area contributed by atoms with E-state index in [-0.39, 0.29) is 37.1 Å². The summed E-state index contributed by atoms with van der Waals surface area (Å²) in [4.78, 5) is 41.2. The van der Waals surface area contributed by atoms with Crippen LogP contribution in [0, 0.1) is 17.8 Å². The minimum absolute atomic E-state index is 0.0133. The molecule has 11 heteroatoms. The molecule has 2 bridgehead atoms. The van der Waals surface area contributed by atoms with E-state index in [0.29, 0.717) is 62.8 Å². The molecule has 2 aromatic carbocycles. The molecule has 6 rings (SSSR count). The second-order valence-electron chi connectivity index (χ2n) is 12.3. The van der Waals surface area contributed by atoms with Gasteiger partial charge in [0.2, 0.25) is 11.8 Å². The summed E-state index contributed by atoms with van der Waals surface area (Å²) < 4.78 is 11.8. The number of benzene rings is 2. The van der Waals surface area contributed by atoms with E-state index in [9.17, 15) is 24.6 Å². The number of nitrogens with one attached hydrogen (secondary N) is 1. The van der Waals surface area contributed by atoms with Crippen molar-refractivity contribution in [1.82, 2.24) is 10.2 Å². The third-order valence-electron chi connectivity index (χ3n) is 9.77. The maximum atomic E-state index is 14.2. The highest BCUT2D eigenvalue weighted by molar-refractivity contribution is 6.35. The second-order valence-corrected chi connectivity index (χ2v) is 13.1. The molecular formula is C33H36Cl2N2O7. The molecule has 3 unspecified atom stereocenters. The average molecular weight is 644 g/mol. The number of aliphatic hydroxyl groups excluding tert-OH is 2. The van der Waals surface area contributed by atoms with Crippen LogP contribution in [0.25, 0.3) is 0 Å². The fourth-order valence-electron chi connectivity index (χ4n) is 7.72. The van der Waals surface area contributed by atoms with Crippen LogP contribution in [0.1, 0.15) is 59.5 Å². The Morgan fingerprint density at radius 3 is 2.66 bits per heavy atom. The molecule has 1 aliphatic heterocycles. The summed E-state index contributed by atoms with van der Waals surface area (Å²) in [5.41, 5.74) is 1.78. The van der Waals surface area contributed by atoms with Gasteiger partial charge in [-0.15, -0.1) is 0 Å². The number of aldehydes is 1. The van der Waals surface area contributed by atoms with E-state index in [2.05, 4.69) is 5.32 Å². The largest absolute Gasteiger partial charge is 0.493 e. The van der Waals surface area contributed by atoms with Gasteiger partial charge < -0.3 is 29.9 Å². The first kappa shape index (κ1) is 30.9. The highest BCUT2D eigenvalue weighted by Gasteiger charge is 2.52. The summed E-state index contributed by atoms with van der Waals surface area (Å²) in [7, 11) is 1.45. The molecule has 2 aromatic rings. The first-order valence-electron chi connectivity index (χ1n) is 15.1. The van der Waals surface area contributed by atoms with Gasteiger partial charge in [-0.05, 0) is 72.9 Å². The quantitative estimate of drug-likeness (QED) is 0.330. The molecule has 0 saturated heterocycles. The van der Waals surface area contributed by atoms with E-state index in [1.54, 1.807) is 35.2 Å². The Bertz CT molecular complexity index is 1500. The van der Waals surface area contributed by atoms with Crippen molar-refractivity contribution in [3.8, 4) is 11.5 Å². The van der Waals surface area contributed by atoms with Crippen LogP contribution in [0.5, 0.6) is 11.5 Å². The zero-order chi connectivity index (χ0) is 31.1. The van der Waals surface area contributed by atoms with Crippen molar-refractivity contribution < 1.29 is 34.1 Å². The number of hydrogen-bond acceptors (Lipinski definition) is 7. The van der Waals surface area contributed by atoms with Crippen molar-refractivity contribution in [3.05, 3.63) is 68.7 Å². The Kier molecular flexibility index (Phi) is 8.93. The number of rotatable bonds is 10. The topological polar surface area (TPSA) is 125 Å². The van der Waals surface area contributed by atoms with E-state index in [0.717, 1.165) is 19.3 Å². The minimum Gasteiger partial charge on any atom is -0.493 e. The first-order valence-corrected chi connectivity index (χ1v) is 15.8. The molecule has 3 N–H and O–H groups in total. The summed E-state index contributed by atoms with van der Waals surface area (Å²) >= 11 is 12.7. The van der Waals surface area contributed by atoms with Gasteiger partial charge in [-0.1, -0.05) is 35.7 Å². The van der Waals surface area contributed by atoms with Gasteiger partial charge in [-0.2, -0.15) is 0 Å². The summed E-state index contributed by atoms with van der Waals surface area (Å²) in [6.45, 7) is -0.166. The first-order chi connectivity index (χ1) is 21.2. The zero-order valence-electron chi connectivity index (χ0n) is 24.4. The maximum absolute atomic E-state index is 14.2. The second kappa shape index (κ2) is 12.7.